The van der Waals surface area contributed by atoms with Crippen molar-refractivity contribution < 1.29 is 9.53 Å². The zero-order chi connectivity index (χ0) is 12.0. The highest BCUT2D eigenvalue weighted by Crippen LogP contribution is 2.14. The zero-order valence-corrected chi connectivity index (χ0v) is 9.84. The lowest BCUT2D eigenvalue weighted by atomic mass is 10.1. The van der Waals surface area contributed by atoms with E-state index in [1.165, 1.54) is 0 Å². The van der Waals surface area contributed by atoms with E-state index in [1.54, 1.807) is 19.2 Å². The molecule has 86 valence electrons. The number of nitrogens with one attached hydrogen (secondary N) is 1. The van der Waals surface area contributed by atoms with Crippen LogP contribution in [0.5, 0.6) is 0 Å². The van der Waals surface area contributed by atoms with Gasteiger partial charge in [-0.25, -0.2) is 0 Å². The van der Waals surface area contributed by atoms with Gasteiger partial charge in [-0.2, -0.15) is 0 Å². The number of rotatable bonds is 5. The minimum atomic E-state index is -0.120. The Hall–Kier alpha value is -1.46. The Kier molecular flexibility index (Phi) is 4.88. The summed E-state index contributed by atoms with van der Waals surface area (Å²) < 4.78 is 4.82. The Morgan fingerprint density at radius 3 is 2.81 bits per heavy atom. The van der Waals surface area contributed by atoms with Crippen LogP contribution in [0.2, 0.25) is 0 Å². The molecule has 0 saturated carbocycles. The van der Waals surface area contributed by atoms with Gasteiger partial charge in [0.25, 0.3) is 0 Å². The minimum absolute atomic E-state index is 0.120. The van der Waals surface area contributed by atoms with Gasteiger partial charge in [0.1, 0.15) is 4.99 Å². The second kappa shape index (κ2) is 6.19. The lowest BCUT2D eigenvalue weighted by Gasteiger charge is -2.09. The van der Waals surface area contributed by atoms with Gasteiger partial charge < -0.3 is 15.8 Å². The lowest BCUT2D eigenvalue weighted by Crippen LogP contribution is -2.18. The molecule has 0 aliphatic carbocycles. The maximum absolute atomic E-state index is 11.5. The second-order valence-corrected chi connectivity index (χ2v) is 3.64. The fraction of sp³-hybridized carbons (Fsp3) is 0.273. The number of hydrogen-bond acceptors (Lipinski definition) is 3. The van der Waals surface area contributed by atoms with Gasteiger partial charge in [-0.15, -0.1) is 0 Å². The van der Waals surface area contributed by atoms with Crippen LogP contribution in [0.3, 0.4) is 0 Å². The molecule has 0 heterocycles. The highest BCUT2D eigenvalue weighted by atomic mass is 32.1. The highest BCUT2D eigenvalue weighted by Gasteiger charge is 2.07. The van der Waals surface area contributed by atoms with Crippen molar-refractivity contribution in [3.05, 3.63) is 29.8 Å². The molecule has 1 aromatic carbocycles. The summed E-state index contributed by atoms with van der Waals surface area (Å²) in [6.07, 6.45) is 0.308. The van der Waals surface area contributed by atoms with Crippen LogP contribution in [-0.2, 0) is 9.53 Å². The lowest BCUT2D eigenvalue weighted by molar-refractivity contribution is -0.117. The maximum Gasteiger partial charge on any atom is 0.226 e. The number of anilines is 1. The molecule has 4 nitrogen and oxygen atoms in total. The van der Waals surface area contributed by atoms with Gasteiger partial charge >= 0.3 is 0 Å². The van der Waals surface area contributed by atoms with Crippen molar-refractivity contribution in [2.45, 2.75) is 6.42 Å². The smallest absolute Gasteiger partial charge is 0.226 e. The monoisotopic (exact) mass is 238 g/mol. The maximum atomic E-state index is 11.5. The largest absolute Gasteiger partial charge is 0.389 e. The molecular weight excluding hydrogens is 224 g/mol. The predicted molar refractivity (Wildman–Crippen MR) is 67.5 cm³/mol. The van der Waals surface area contributed by atoms with Crippen LogP contribution in [0.4, 0.5) is 5.69 Å². The first-order chi connectivity index (χ1) is 7.65. The number of hydrogen-bond donors (Lipinski definition) is 2. The molecule has 1 amide bonds. The van der Waals surface area contributed by atoms with Gasteiger partial charge in [-0.05, 0) is 12.1 Å². The van der Waals surface area contributed by atoms with E-state index in [0.29, 0.717) is 24.3 Å². The van der Waals surface area contributed by atoms with Crippen molar-refractivity contribution in [2.24, 2.45) is 5.73 Å². The van der Waals surface area contributed by atoms with Gasteiger partial charge in [0, 0.05) is 12.7 Å². The van der Waals surface area contributed by atoms with Crippen LogP contribution in [0, 0.1) is 0 Å². The van der Waals surface area contributed by atoms with Crippen LogP contribution >= 0.6 is 12.2 Å². The summed E-state index contributed by atoms with van der Waals surface area (Å²) >= 11 is 4.89. The Balaban J connectivity index is 2.73. The first kappa shape index (κ1) is 12.6. The van der Waals surface area contributed by atoms with Crippen LogP contribution in [-0.4, -0.2) is 24.6 Å². The molecule has 0 fully saturated rings. The third-order valence-electron chi connectivity index (χ3n) is 2.00. The standard InChI is InChI=1S/C11H14N2O2S/c1-15-7-6-10(14)13-9-5-3-2-4-8(9)11(12)16/h2-5H,6-7H2,1H3,(H2,12,16)(H,13,14). The average Bonchev–Trinajstić information content (AvgIpc) is 2.27. The molecule has 0 aliphatic rings. The number of para-hydroxylation sites is 1. The number of methoxy groups -OCH3 is 1. The first-order valence-electron chi connectivity index (χ1n) is 4.82. The summed E-state index contributed by atoms with van der Waals surface area (Å²) in [5.74, 6) is -0.120. The van der Waals surface area contributed by atoms with Crippen LogP contribution in [0.25, 0.3) is 0 Å². The summed E-state index contributed by atoms with van der Waals surface area (Å²) in [6.45, 7) is 0.390. The van der Waals surface area contributed by atoms with Crippen LogP contribution in [0.15, 0.2) is 24.3 Å². The quantitative estimate of drug-likeness (QED) is 0.759. The Morgan fingerprint density at radius 1 is 1.50 bits per heavy atom. The van der Waals surface area contributed by atoms with Gasteiger partial charge in [-0.1, -0.05) is 24.4 Å². The second-order valence-electron chi connectivity index (χ2n) is 3.20. The molecule has 0 unspecified atom stereocenters. The number of carbonyl (C=O) groups excluding carboxylic acids is 1. The molecule has 0 atom stereocenters. The van der Waals surface area contributed by atoms with E-state index in [9.17, 15) is 4.79 Å². The number of amides is 1. The van der Waals surface area contributed by atoms with E-state index in [0.717, 1.165) is 0 Å². The third kappa shape index (κ3) is 3.60. The molecule has 3 N–H and O–H groups in total. The number of ether oxygens (including phenoxy) is 1. The summed E-state index contributed by atoms with van der Waals surface area (Å²) in [5, 5.41) is 2.74. The number of thiocarbonyl (C=S) groups is 1. The molecule has 0 bridgehead atoms. The van der Waals surface area contributed by atoms with Crippen LogP contribution in [0.1, 0.15) is 12.0 Å². The SMILES string of the molecule is COCCC(=O)Nc1ccccc1C(N)=S. The minimum Gasteiger partial charge on any atom is -0.389 e. The molecule has 0 aliphatic heterocycles. The zero-order valence-electron chi connectivity index (χ0n) is 9.03. The Bertz CT molecular complexity index is 393. The van der Waals surface area contributed by atoms with E-state index >= 15 is 0 Å². The van der Waals surface area contributed by atoms with Crippen LogP contribution < -0.4 is 11.1 Å². The van der Waals surface area contributed by atoms with Crippen molar-refractivity contribution in [1.29, 1.82) is 0 Å². The third-order valence-corrected chi connectivity index (χ3v) is 2.22. The van der Waals surface area contributed by atoms with Crippen molar-refractivity contribution in [3.8, 4) is 0 Å². The summed E-state index contributed by atoms with van der Waals surface area (Å²) in [5.41, 5.74) is 6.85. The van der Waals surface area contributed by atoms with Gasteiger partial charge in [0.15, 0.2) is 0 Å². The molecule has 0 saturated heterocycles. The summed E-state index contributed by atoms with van der Waals surface area (Å²) in [7, 11) is 1.55. The van der Waals surface area contributed by atoms with Crippen molar-refractivity contribution >= 4 is 28.8 Å². The molecule has 16 heavy (non-hydrogen) atoms. The van der Waals surface area contributed by atoms with Crippen molar-refractivity contribution in [2.75, 3.05) is 19.0 Å². The Labute approximate surface area is 99.8 Å². The van der Waals surface area contributed by atoms with Crippen molar-refractivity contribution in [3.63, 3.8) is 0 Å². The van der Waals surface area contributed by atoms with E-state index in [4.69, 9.17) is 22.7 Å². The molecule has 0 spiro atoms. The van der Waals surface area contributed by atoms with Crippen molar-refractivity contribution in [1.82, 2.24) is 0 Å². The fourth-order valence-electron chi connectivity index (χ4n) is 1.21. The van der Waals surface area contributed by atoms with E-state index < -0.39 is 0 Å². The molecule has 5 heteroatoms. The van der Waals surface area contributed by atoms with E-state index in [1.807, 2.05) is 12.1 Å². The Morgan fingerprint density at radius 2 is 2.19 bits per heavy atom. The molecule has 1 rings (SSSR count). The van der Waals surface area contributed by atoms with E-state index in [-0.39, 0.29) is 10.9 Å². The predicted octanol–water partition coefficient (Wildman–Crippen LogP) is 1.30. The van der Waals surface area contributed by atoms with Gasteiger partial charge in [0.05, 0.1) is 18.7 Å². The number of benzene rings is 1. The molecule has 0 aromatic heterocycles. The van der Waals surface area contributed by atoms with E-state index in [2.05, 4.69) is 5.32 Å². The first-order valence-corrected chi connectivity index (χ1v) is 5.23. The summed E-state index contributed by atoms with van der Waals surface area (Å²) in [6, 6.07) is 7.17. The molecule has 0 radical (unpaired) electrons. The molecular formula is C11H14N2O2S. The molecule has 1 aromatic rings. The number of nitrogens with two attached hydrogens (primary N) is 1. The fourth-order valence-corrected chi connectivity index (χ4v) is 1.39. The summed E-state index contributed by atoms with van der Waals surface area (Å²) in [4.78, 5) is 11.7. The normalized spacial score (nSPS) is 9.81. The van der Waals surface area contributed by atoms with Gasteiger partial charge in [0.2, 0.25) is 5.91 Å². The average molecular weight is 238 g/mol. The van der Waals surface area contributed by atoms with Gasteiger partial charge in [-0.3, -0.25) is 4.79 Å². The number of carbonyl (C=O) groups is 1. The highest BCUT2D eigenvalue weighted by molar-refractivity contribution is 7.80. The topological polar surface area (TPSA) is 64.3 Å².